The van der Waals surface area contributed by atoms with E-state index < -0.39 is 0 Å². The first-order valence-corrected chi connectivity index (χ1v) is 8.65. The van der Waals surface area contributed by atoms with Crippen molar-refractivity contribution in [3.05, 3.63) is 71.3 Å². The summed E-state index contributed by atoms with van der Waals surface area (Å²) >= 11 is 0. The van der Waals surface area contributed by atoms with Crippen LogP contribution in [0.5, 0.6) is 0 Å². The van der Waals surface area contributed by atoms with Crippen LogP contribution in [0.15, 0.2) is 54.6 Å². The highest BCUT2D eigenvalue weighted by molar-refractivity contribution is 5.98. The van der Waals surface area contributed by atoms with E-state index in [0.717, 1.165) is 5.56 Å². The molecule has 132 valence electrons. The van der Waals surface area contributed by atoms with Crippen molar-refractivity contribution in [3.8, 4) is 0 Å². The fourth-order valence-electron chi connectivity index (χ4n) is 2.86. The molecular formula is C21H26N2O2. The second-order valence-corrected chi connectivity index (χ2v) is 6.65. The van der Waals surface area contributed by atoms with Crippen LogP contribution in [0.1, 0.15) is 54.0 Å². The molecule has 0 aliphatic carbocycles. The van der Waals surface area contributed by atoms with Gasteiger partial charge < -0.3 is 10.2 Å². The standard InChI is InChI=1S/C21H26N2O2/c1-15(2)23(16(3)4)21(25)19-12-10-18(11-13-19)20(24)22-14-17-8-6-5-7-9-17/h5-13,15-16H,14H2,1-4H3,(H,22,24). The summed E-state index contributed by atoms with van der Waals surface area (Å²) in [4.78, 5) is 26.7. The largest absolute Gasteiger partial charge is 0.348 e. The predicted molar refractivity (Wildman–Crippen MR) is 100 cm³/mol. The average Bonchev–Trinajstić information content (AvgIpc) is 2.60. The van der Waals surface area contributed by atoms with E-state index in [1.807, 2.05) is 62.9 Å². The lowest BCUT2D eigenvalue weighted by Crippen LogP contribution is -2.42. The van der Waals surface area contributed by atoms with E-state index in [1.54, 1.807) is 24.3 Å². The Kier molecular flexibility index (Phi) is 6.34. The summed E-state index contributed by atoms with van der Waals surface area (Å²) in [7, 11) is 0. The molecule has 0 atom stereocenters. The topological polar surface area (TPSA) is 49.4 Å². The van der Waals surface area contributed by atoms with Crippen LogP contribution in [-0.4, -0.2) is 28.8 Å². The van der Waals surface area contributed by atoms with E-state index in [1.165, 1.54) is 0 Å². The summed E-state index contributed by atoms with van der Waals surface area (Å²) in [6, 6.07) is 16.9. The smallest absolute Gasteiger partial charge is 0.254 e. The highest BCUT2D eigenvalue weighted by Gasteiger charge is 2.21. The lowest BCUT2D eigenvalue weighted by Gasteiger charge is -2.30. The Morgan fingerprint density at radius 3 is 1.88 bits per heavy atom. The van der Waals surface area contributed by atoms with Gasteiger partial charge in [0.15, 0.2) is 0 Å². The fraction of sp³-hybridized carbons (Fsp3) is 0.333. The van der Waals surface area contributed by atoms with Gasteiger partial charge in [0.1, 0.15) is 0 Å². The summed E-state index contributed by atoms with van der Waals surface area (Å²) in [6.07, 6.45) is 0. The fourth-order valence-corrected chi connectivity index (χ4v) is 2.86. The van der Waals surface area contributed by atoms with Crippen LogP contribution in [0, 0.1) is 0 Å². The first kappa shape index (κ1) is 18.7. The Bertz CT molecular complexity index is 698. The van der Waals surface area contributed by atoms with Gasteiger partial charge in [-0.3, -0.25) is 9.59 Å². The number of hydrogen-bond donors (Lipinski definition) is 1. The minimum absolute atomic E-state index is 0.0127. The summed E-state index contributed by atoms with van der Waals surface area (Å²) < 4.78 is 0. The summed E-state index contributed by atoms with van der Waals surface area (Å²) in [5.41, 5.74) is 2.20. The molecule has 0 aliphatic rings. The third-order valence-corrected chi connectivity index (χ3v) is 4.04. The molecule has 0 unspecified atom stereocenters. The van der Waals surface area contributed by atoms with Gasteiger partial charge >= 0.3 is 0 Å². The number of amides is 2. The van der Waals surface area contributed by atoms with E-state index in [9.17, 15) is 9.59 Å². The molecule has 0 aromatic heterocycles. The summed E-state index contributed by atoms with van der Waals surface area (Å²) in [5, 5.41) is 2.89. The number of carbonyl (C=O) groups is 2. The zero-order valence-electron chi connectivity index (χ0n) is 15.3. The molecule has 0 saturated heterocycles. The van der Waals surface area contributed by atoms with Crippen LogP contribution >= 0.6 is 0 Å². The number of nitrogens with zero attached hydrogens (tertiary/aromatic N) is 1. The lowest BCUT2D eigenvalue weighted by molar-refractivity contribution is 0.0643. The van der Waals surface area contributed by atoms with Gasteiger partial charge in [0, 0.05) is 29.8 Å². The SMILES string of the molecule is CC(C)N(C(=O)c1ccc(C(=O)NCc2ccccc2)cc1)C(C)C. The molecule has 25 heavy (non-hydrogen) atoms. The highest BCUT2D eigenvalue weighted by Crippen LogP contribution is 2.13. The van der Waals surface area contributed by atoms with E-state index in [0.29, 0.717) is 17.7 Å². The molecule has 0 radical (unpaired) electrons. The Balaban J connectivity index is 2.03. The first-order valence-electron chi connectivity index (χ1n) is 8.65. The van der Waals surface area contributed by atoms with E-state index in [4.69, 9.17) is 0 Å². The Labute approximate surface area is 149 Å². The Hall–Kier alpha value is -2.62. The molecule has 0 aliphatic heterocycles. The van der Waals surface area contributed by atoms with Crippen LogP contribution in [0.3, 0.4) is 0 Å². The maximum atomic E-state index is 12.6. The molecule has 2 rings (SSSR count). The molecule has 2 aromatic carbocycles. The van der Waals surface area contributed by atoms with E-state index in [-0.39, 0.29) is 23.9 Å². The van der Waals surface area contributed by atoms with Crippen molar-refractivity contribution in [1.29, 1.82) is 0 Å². The predicted octanol–water partition coefficient (Wildman–Crippen LogP) is 3.88. The van der Waals surface area contributed by atoms with Crippen LogP contribution in [0.25, 0.3) is 0 Å². The van der Waals surface area contributed by atoms with Gasteiger partial charge in [-0.15, -0.1) is 0 Å². The quantitative estimate of drug-likeness (QED) is 0.869. The normalized spacial score (nSPS) is 10.8. The molecule has 2 amide bonds. The number of rotatable bonds is 6. The second-order valence-electron chi connectivity index (χ2n) is 6.65. The number of carbonyl (C=O) groups excluding carboxylic acids is 2. The van der Waals surface area contributed by atoms with E-state index in [2.05, 4.69) is 5.32 Å². The minimum Gasteiger partial charge on any atom is -0.348 e. The van der Waals surface area contributed by atoms with Crippen molar-refractivity contribution in [3.63, 3.8) is 0 Å². The molecule has 0 bridgehead atoms. The van der Waals surface area contributed by atoms with Crippen LogP contribution in [-0.2, 0) is 6.54 Å². The third-order valence-electron chi connectivity index (χ3n) is 4.04. The third kappa shape index (κ3) is 4.92. The van der Waals surface area contributed by atoms with E-state index >= 15 is 0 Å². The molecule has 4 heteroatoms. The van der Waals surface area contributed by atoms with Crippen LogP contribution in [0.2, 0.25) is 0 Å². The zero-order valence-corrected chi connectivity index (χ0v) is 15.3. The van der Waals surface area contributed by atoms with Gasteiger partial charge in [-0.05, 0) is 57.5 Å². The maximum absolute atomic E-state index is 12.6. The van der Waals surface area contributed by atoms with Gasteiger partial charge in [-0.1, -0.05) is 30.3 Å². The molecule has 1 N–H and O–H groups in total. The van der Waals surface area contributed by atoms with Gasteiger partial charge in [0.05, 0.1) is 0 Å². The van der Waals surface area contributed by atoms with Gasteiger partial charge in [0.2, 0.25) is 0 Å². The minimum atomic E-state index is -0.146. The molecule has 0 saturated carbocycles. The van der Waals surface area contributed by atoms with Crippen LogP contribution in [0.4, 0.5) is 0 Å². The van der Waals surface area contributed by atoms with Crippen molar-refractivity contribution in [1.82, 2.24) is 10.2 Å². The number of benzene rings is 2. The molecule has 0 spiro atoms. The zero-order chi connectivity index (χ0) is 18.4. The Morgan fingerprint density at radius 1 is 0.840 bits per heavy atom. The van der Waals surface area contributed by atoms with Crippen molar-refractivity contribution in [2.45, 2.75) is 46.3 Å². The van der Waals surface area contributed by atoms with Crippen molar-refractivity contribution in [2.24, 2.45) is 0 Å². The number of nitrogens with one attached hydrogen (secondary N) is 1. The van der Waals surface area contributed by atoms with Crippen LogP contribution < -0.4 is 5.32 Å². The average molecular weight is 338 g/mol. The second kappa shape index (κ2) is 8.47. The first-order chi connectivity index (χ1) is 11.9. The summed E-state index contributed by atoms with van der Waals surface area (Å²) in [5.74, 6) is -0.159. The molecule has 0 heterocycles. The van der Waals surface area contributed by atoms with Gasteiger partial charge in [0.25, 0.3) is 11.8 Å². The molecule has 0 fully saturated rings. The van der Waals surface area contributed by atoms with Crippen molar-refractivity contribution < 1.29 is 9.59 Å². The van der Waals surface area contributed by atoms with Crippen molar-refractivity contribution >= 4 is 11.8 Å². The van der Waals surface area contributed by atoms with Gasteiger partial charge in [-0.25, -0.2) is 0 Å². The summed E-state index contributed by atoms with van der Waals surface area (Å²) in [6.45, 7) is 8.49. The molecule has 2 aromatic rings. The maximum Gasteiger partial charge on any atom is 0.254 e. The lowest BCUT2D eigenvalue weighted by atomic mass is 10.1. The Morgan fingerprint density at radius 2 is 1.36 bits per heavy atom. The van der Waals surface area contributed by atoms with Gasteiger partial charge in [-0.2, -0.15) is 0 Å². The van der Waals surface area contributed by atoms with Crippen molar-refractivity contribution in [2.75, 3.05) is 0 Å². The monoisotopic (exact) mass is 338 g/mol. The molecule has 4 nitrogen and oxygen atoms in total. The number of hydrogen-bond acceptors (Lipinski definition) is 2. The highest BCUT2D eigenvalue weighted by atomic mass is 16.2. The molecular weight excluding hydrogens is 312 g/mol.